The fourth-order valence-electron chi connectivity index (χ4n) is 2.12. The van der Waals surface area contributed by atoms with Gasteiger partial charge in [-0.2, -0.15) is 0 Å². The fourth-order valence-corrected chi connectivity index (χ4v) is 2.48. The van der Waals surface area contributed by atoms with Crippen molar-refractivity contribution >= 4 is 23.2 Å². The number of fused-ring (bicyclic) bond motifs is 1. The Morgan fingerprint density at radius 2 is 1.93 bits per heavy atom. The van der Waals surface area contributed by atoms with Gasteiger partial charge < -0.3 is 4.90 Å². The third-order valence-corrected chi connectivity index (χ3v) is 3.46. The van der Waals surface area contributed by atoms with Crippen molar-refractivity contribution in [2.75, 3.05) is 13.6 Å². The Kier molecular flexibility index (Phi) is 2.74. The maximum atomic E-state index is 6.00. The Balaban J connectivity index is 2.49. The first-order chi connectivity index (χ1) is 6.58. The van der Waals surface area contributed by atoms with Crippen LogP contribution < -0.4 is 0 Å². The molecule has 0 saturated carbocycles. The lowest BCUT2D eigenvalue weighted by Gasteiger charge is -2.30. The Morgan fingerprint density at radius 1 is 1.29 bits per heavy atom. The minimum atomic E-state index is 0.540. The summed E-state index contributed by atoms with van der Waals surface area (Å²) >= 11 is 12.0. The van der Waals surface area contributed by atoms with E-state index < -0.39 is 0 Å². The first-order valence-electron chi connectivity index (χ1n) is 4.74. The molecule has 1 aromatic carbocycles. The quantitative estimate of drug-likeness (QED) is 0.658. The molecular formula is C11H13Cl2N. The van der Waals surface area contributed by atoms with Crippen molar-refractivity contribution in [1.29, 1.82) is 0 Å². The number of hydrogen-bond donors (Lipinski definition) is 0. The topological polar surface area (TPSA) is 3.24 Å². The predicted octanol–water partition coefficient (Wildman–Crippen LogP) is 3.54. The molecule has 14 heavy (non-hydrogen) atoms. The first kappa shape index (κ1) is 10.3. The van der Waals surface area contributed by atoms with Gasteiger partial charge in [0.05, 0.1) is 10.0 Å². The van der Waals surface area contributed by atoms with E-state index in [-0.39, 0.29) is 0 Å². The van der Waals surface area contributed by atoms with E-state index in [9.17, 15) is 0 Å². The van der Waals surface area contributed by atoms with Gasteiger partial charge in [0, 0.05) is 13.1 Å². The SMILES string of the molecule is C[C@@H]1CN(C)Cc2cc(Cl)c(Cl)cc21. The van der Waals surface area contributed by atoms with Crippen LogP contribution in [-0.4, -0.2) is 18.5 Å². The third kappa shape index (κ3) is 1.77. The Labute approximate surface area is 94.6 Å². The van der Waals surface area contributed by atoms with Crippen molar-refractivity contribution in [2.45, 2.75) is 19.4 Å². The number of benzene rings is 1. The lowest BCUT2D eigenvalue weighted by Crippen LogP contribution is -2.29. The second kappa shape index (κ2) is 3.73. The van der Waals surface area contributed by atoms with Gasteiger partial charge in [0.1, 0.15) is 0 Å². The van der Waals surface area contributed by atoms with E-state index in [4.69, 9.17) is 23.2 Å². The van der Waals surface area contributed by atoms with Crippen molar-refractivity contribution in [3.8, 4) is 0 Å². The molecule has 1 aromatic rings. The summed E-state index contributed by atoms with van der Waals surface area (Å²) in [5.74, 6) is 0.540. The van der Waals surface area contributed by atoms with Gasteiger partial charge >= 0.3 is 0 Å². The van der Waals surface area contributed by atoms with Crippen LogP contribution in [-0.2, 0) is 6.54 Å². The molecule has 0 radical (unpaired) electrons. The smallest absolute Gasteiger partial charge is 0.0595 e. The van der Waals surface area contributed by atoms with Crippen LogP contribution in [0.3, 0.4) is 0 Å². The van der Waals surface area contributed by atoms with Gasteiger partial charge in [0.25, 0.3) is 0 Å². The molecule has 2 rings (SSSR count). The van der Waals surface area contributed by atoms with Crippen LogP contribution in [0, 0.1) is 0 Å². The van der Waals surface area contributed by atoms with Crippen LogP contribution in [0.25, 0.3) is 0 Å². The summed E-state index contributed by atoms with van der Waals surface area (Å²) in [5.41, 5.74) is 2.65. The van der Waals surface area contributed by atoms with E-state index in [0.29, 0.717) is 16.0 Å². The van der Waals surface area contributed by atoms with Crippen molar-refractivity contribution < 1.29 is 0 Å². The van der Waals surface area contributed by atoms with Gasteiger partial charge in [0.15, 0.2) is 0 Å². The normalized spacial score (nSPS) is 22.1. The zero-order valence-electron chi connectivity index (χ0n) is 8.35. The Morgan fingerprint density at radius 3 is 2.64 bits per heavy atom. The van der Waals surface area contributed by atoms with Gasteiger partial charge in [-0.1, -0.05) is 30.1 Å². The number of rotatable bonds is 0. The maximum Gasteiger partial charge on any atom is 0.0595 e. The van der Waals surface area contributed by atoms with Crippen LogP contribution in [0.4, 0.5) is 0 Å². The minimum absolute atomic E-state index is 0.540. The summed E-state index contributed by atoms with van der Waals surface area (Å²) < 4.78 is 0. The Bertz CT molecular complexity index is 363. The molecule has 1 nitrogen and oxygen atoms in total. The second-order valence-corrected chi connectivity index (χ2v) is 4.88. The van der Waals surface area contributed by atoms with Crippen molar-refractivity contribution in [3.05, 3.63) is 33.3 Å². The van der Waals surface area contributed by atoms with Gasteiger partial charge in [-0.3, -0.25) is 0 Å². The predicted molar refractivity (Wildman–Crippen MR) is 61.2 cm³/mol. The highest BCUT2D eigenvalue weighted by molar-refractivity contribution is 6.42. The average molecular weight is 230 g/mol. The van der Waals surface area contributed by atoms with Crippen LogP contribution in [0.2, 0.25) is 10.0 Å². The van der Waals surface area contributed by atoms with Crippen LogP contribution in [0.1, 0.15) is 24.0 Å². The van der Waals surface area contributed by atoms with Crippen LogP contribution in [0.15, 0.2) is 12.1 Å². The maximum absolute atomic E-state index is 6.00. The lowest BCUT2D eigenvalue weighted by molar-refractivity contribution is 0.288. The molecule has 76 valence electrons. The minimum Gasteiger partial charge on any atom is -0.302 e. The molecule has 1 aliphatic rings. The molecule has 0 spiro atoms. The molecule has 0 fully saturated rings. The lowest BCUT2D eigenvalue weighted by atomic mass is 9.91. The summed E-state index contributed by atoms with van der Waals surface area (Å²) in [7, 11) is 2.13. The summed E-state index contributed by atoms with van der Waals surface area (Å²) in [4.78, 5) is 2.30. The molecule has 0 unspecified atom stereocenters. The summed E-state index contributed by atoms with van der Waals surface area (Å²) in [5, 5.41) is 1.33. The molecule has 0 saturated heterocycles. The fraction of sp³-hybridized carbons (Fsp3) is 0.455. The molecule has 1 aliphatic heterocycles. The van der Waals surface area contributed by atoms with Gasteiger partial charge in [-0.15, -0.1) is 0 Å². The number of hydrogen-bond acceptors (Lipinski definition) is 1. The van der Waals surface area contributed by atoms with Gasteiger partial charge in [0.2, 0.25) is 0 Å². The second-order valence-electron chi connectivity index (χ2n) is 4.06. The summed E-state index contributed by atoms with van der Waals surface area (Å²) in [6, 6.07) is 4.00. The molecule has 0 amide bonds. The van der Waals surface area contributed by atoms with E-state index in [1.165, 1.54) is 11.1 Å². The number of likely N-dealkylation sites (N-methyl/N-ethyl adjacent to an activating group) is 1. The highest BCUT2D eigenvalue weighted by atomic mass is 35.5. The standard InChI is InChI=1S/C11H13Cl2N/c1-7-5-14(2)6-8-3-10(12)11(13)4-9(7)8/h3-4,7H,5-6H2,1-2H3/t7-/m1/s1. The zero-order valence-corrected chi connectivity index (χ0v) is 9.86. The van der Waals surface area contributed by atoms with E-state index in [1.807, 2.05) is 12.1 Å². The van der Waals surface area contributed by atoms with Crippen LogP contribution in [0.5, 0.6) is 0 Å². The zero-order chi connectivity index (χ0) is 10.3. The molecule has 0 aromatic heterocycles. The highest BCUT2D eigenvalue weighted by Crippen LogP contribution is 2.33. The van der Waals surface area contributed by atoms with Gasteiger partial charge in [-0.25, -0.2) is 0 Å². The highest BCUT2D eigenvalue weighted by Gasteiger charge is 2.20. The van der Waals surface area contributed by atoms with Gasteiger partial charge in [-0.05, 0) is 36.2 Å². The largest absolute Gasteiger partial charge is 0.302 e. The molecule has 3 heteroatoms. The van der Waals surface area contributed by atoms with E-state index in [0.717, 1.165) is 13.1 Å². The summed E-state index contributed by atoms with van der Waals surface area (Å²) in [6.45, 7) is 4.28. The van der Waals surface area contributed by atoms with Crippen molar-refractivity contribution in [1.82, 2.24) is 4.90 Å². The van der Waals surface area contributed by atoms with Crippen molar-refractivity contribution in [3.63, 3.8) is 0 Å². The number of nitrogens with zero attached hydrogens (tertiary/aromatic N) is 1. The van der Waals surface area contributed by atoms with E-state index in [1.54, 1.807) is 0 Å². The van der Waals surface area contributed by atoms with E-state index >= 15 is 0 Å². The van der Waals surface area contributed by atoms with E-state index in [2.05, 4.69) is 18.9 Å². The molecular weight excluding hydrogens is 217 g/mol. The molecule has 0 bridgehead atoms. The van der Waals surface area contributed by atoms with Crippen molar-refractivity contribution in [2.24, 2.45) is 0 Å². The average Bonchev–Trinajstić information content (AvgIpc) is 2.08. The molecule has 1 atom stereocenters. The Hall–Kier alpha value is -0.240. The molecule has 0 aliphatic carbocycles. The number of halogens is 2. The monoisotopic (exact) mass is 229 g/mol. The molecule has 0 N–H and O–H groups in total. The summed E-state index contributed by atoms with van der Waals surface area (Å²) in [6.07, 6.45) is 0. The van der Waals surface area contributed by atoms with Crippen LogP contribution >= 0.6 is 23.2 Å². The molecule has 1 heterocycles. The first-order valence-corrected chi connectivity index (χ1v) is 5.50. The third-order valence-electron chi connectivity index (χ3n) is 2.74.